The minimum absolute atomic E-state index is 0.205. The first kappa shape index (κ1) is 11.6. The van der Waals surface area contributed by atoms with E-state index in [-0.39, 0.29) is 18.0 Å². The molecule has 0 aliphatic heterocycles. The predicted octanol–water partition coefficient (Wildman–Crippen LogP) is 2.61. The Morgan fingerprint density at radius 2 is 2.00 bits per heavy atom. The van der Waals surface area contributed by atoms with Gasteiger partial charge in [-0.3, -0.25) is 0 Å². The van der Waals surface area contributed by atoms with Crippen LogP contribution in [0.4, 0.5) is 4.39 Å². The van der Waals surface area contributed by atoms with E-state index in [1.165, 1.54) is 12.1 Å². The van der Waals surface area contributed by atoms with Gasteiger partial charge in [-0.1, -0.05) is 12.1 Å². The standard InChI is InChI=1S/C13H18FNO/c14-11-6-4-10(5-7-11)9-16-13-3-1-2-12(15)8-13/h4-7,12-13H,1-3,8-9,15H2. The minimum Gasteiger partial charge on any atom is -0.373 e. The zero-order valence-electron chi connectivity index (χ0n) is 9.36. The number of hydrogen-bond donors (Lipinski definition) is 1. The summed E-state index contributed by atoms with van der Waals surface area (Å²) in [6.45, 7) is 0.553. The van der Waals surface area contributed by atoms with Crippen LogP contribution in [0.3, 0.4) is 0 Å². The molecule has 0 spiro atoms. The molecule has 2 atom stereocenters. The van der Waals surface area contributed by atoms with Crippen LogP contribution < -0.4 is 5.73 Å². The molecule has 0 radical (unpaired) electrons. The first-order valence-electron chi connectivity index (χ1n) is 5.85. The molecule has 1 aromatic rings. The highest BCUT2D eigenvalue weighted by molar-refractivity contribution is 5.14. The maximum Gasteiger partial charge on any atom is 0.123 e. The Kier molecular flexibility index (Phi) is 3.91. The second kappa shape index (κ2) is 5.41. The Hall–Kier alpha value is -0.930. The Balaban J connectivity index is 1.80. The summed E-state index contributed by atoms with van der Waals surface area (Å²) in [5.74, 6) is -0.205. The number of halogens is 1. The van der Waals surface area contributed by atoms with Gasteiger partial charge in [0, 0.05) is 6.04 Å². The number of benzene rings is 1. The van der Waals surface area contributed by atoms with Crippen molar-refractivity contribution >= 4 is 0 Å². The summed E-state index contributed by atoms with van der Waals surface area (Å²) in [6, 6.07) is 6.74. The molecule has 1 saturated carbocycles. The van der Waals surface area contributed by atoms with E-state index in [0.29, 0.717) is 6.61 Å². The lowest BCUT2D eigenvalue weighted by Crippen LogP contribution is -2.32. The van der Waals surface area contributed by atoms with Gasteiger partial charge in [0.15, 0.2) is 0 Å². The molecule has 0 amide bonds. The SMILES string of the molecule is NC1CCCC(OCc2ccc(F)cc2)C1. The molecule has 0 heterocycles. The van der Waals surface area contributed by atoms with E-state index in [1.54, 1.807) is 12.1 Å². The molecule has 1 aromatic carbocycles. The van der Waals surface area contributed by atoms with Gasteiger partial charge < -0.3 is 10.5 Å². The van der Waals surface area contributed by atoms with Gasteiger partial charge in [0.1, 0.15) is 5.82 Å². The number of rotatable bonds is 3. The Morgan fingerprint density at radius 3 is 2.69 bits per heavy atom. The largest absolute Gasteiger partial charge is 0.373 e. The topological polar surface area (TPSA) is 35.2 Å². The third kappa shape index (κ3) is 3.29. The first-order valence-corrected chi connectivity index (χ1v) is 5.85. The van der Waals surface area contributed by atoms with Crippen molar-refractivity contribution in [2.45, 2.75) is 44.4 Å². The molecule has 3 heteroatoms. The van der Waals surface area contributed by atoms with Crippen LogP contribution in [0.25, 0.3) is 0 Å². The molecule has 1 aliphatic carbocycles. The highest BCUT2D eigenvalue weighted by Gasteiger charge is 2.19. The molecule has 1 fully saturated rings. The van der Waals surface area contributed by atoms with Crippen LogP contribution in [-0.4, -0.2) is 12.1 Å². The molecule has 2 unspecified atom stereocenters. The van der Waals surface area contributed by atoms with Crippen molar-refractivity contribution in [1.29, 1.82) is 0 Å². The van der Waals surface area contributed by atoms with Gasteiger partial charge in [-0.2, -0.15) is 0 Å². The van der Waals surface area contributed by atoms with Crippen LogP contribution in [0.2, 0.25) is 0 Å². The molecule has 16 heavy (non-hydrogen) atoms. The number of ether oxygens (including phenoxy) is 1. The van der Waals surface area contributed by atoms with Crippen LogP contribution in [0.15, 0.2) is 24.3 Å². The van der Waals surface area contributed by atoms with Crippen LogP contribution in [0.1, 0.15) is 31.2 Å². The quantitative estimate of drug-likeness (QED) is 0.855. The second-order valence-electron chi connectivity index (χ2n) is 4.49. The summed E-state index contributed by atoms with van der Waals surface area (Å²) in [5.41, 5.74) is 6.90. The van der Waals surface area contributed by atoms with Crippen LogP contribution in [0, 0.1) is 5.82 Å². The van der Waals surface area contributed by atoms with Gasteiger partial charge in [0.2, 0.25) is 0 Å². The summed E-state index contributed by atoms with van der Waals surface area (Å²) >= 11 is 0. The molecule has 88 valence electrons. The number of hydrogen-bond acceptors (Lipinski definition) is 2. The molecule has 2 rings (SSSR count). The maximum absolute atomic E-state index is 12.7. The third-order valence-electron chi connectivity index (χ3n) is 3.07. The van der Waals surface area contributed by atoms with Crippen LogP contribution in [-0.2, 0) is 11.3 Å². The van der Waals surface area contributed by atoms with Crippen molar-refractivity contribution in [3.8, 4) is 0 Å². The Labute approximate surface area is 95.6 Å². The van der Waals surface area contributed by atoms with Gasteiger partial charge >= 0.3 is 0 Å². The van der Waals surface area contributed by atoms with E-state index < -0.39 is 0 Å². The first-order chi connectivity index (χ1) is 7.74. The van der Waals surface area contributed by atoms with Gasteiger partial charge in [-0.05, 0) is 43.4 Å². The highest BCUT2D eigenvalue weighted by atomic mass is 19.1. The zero-order valence-corrected chi connectivity index (χ0v) is 9.36. The van der Waals surface area contributed by atoms with Crippen molar-refractivity contribution < 1.29 is 9.13 Å². The monoisotopic (exact) mass is 223 g/mol. The van der Waals surface area contributed by atoms with Crippen molar-refractivity contribution in [3.63, 3.8) is 0 Å². The molecule has 2 N–H and O–H groups in total. The fourth-order valence-corrected chi connectivity index (χ4v) is 2.13. The predicted molar refractivity (Wildman–Crippen MR) is 61.4 cm³/mol. The smallest absolute Gasteiger partial charge is 0.123 e. The molecule has 0 bridgehead atoms. The fourth-order valence-electron chi connectivity index (χ4n) is 2.13. The van der Waals surface area contributed by atoms with Gasteiger partial charge in [-0.25, -0.2) is 4.39 Å². The third-order valence-corrected chi connectivity index (χ3v) is 3.07. The van der Waals surface area contributed by atoms with Gasteiger partial charge in [0.25, 0.3) is 0 Å². The van der Waals surface area contributed by atoms with E-state index in [9.17, 15) is 4.39 Å². The van der Waals surface area contributed by atoms with E-state index in [2.05, 4.69) is 0 Å². The summed E-state index contributed by atoms with van der Waals surface area (Å²) in [6.07, 6.45) is 4.57. The Morgan fingerprint density at radius 1 is 1.25 bits per heavy atom. The van der Waals surface area contributed by atoms with E-state index in [1.807, 2.05) is 0 Å². The normalized spacial score (nSPS) is 25.6. The van der Waals surface area contributed by atoms with Gasteiger partial charge in [-0.15, -0.1) is 0 Å². The second-order valence-corrected chi connectivity index (χ2v) is 4.49. The van der Waals surface area contributed by atoms with Crippen LogP contribution >= 0.6 is 0 Å². The van der Waals surface area contributed by atoms with E-state index in [4.69, 9.17) is 10.5 Å². The highest BCUT2D eigenvalue weighted by Crippen LogP contribution is 2.20. The number of nitrogens with two attached hydrogens (primary N) is 1. The lowest BCUT2D eigenvalue weighted by molar-refractivity contribution is 0.0122. The van der Waals surface area contributed by atoms with E-state index in [0.717, 1.165) is 31.2 Å². The zero-order chi connectivity index (χ0) is 11.4. The fraction of sp³-hybridized carbons (Fsp3) is 0.538. The molecule has 1 aliphatic rings. The van der Waals surface area contributed by atoms with E-state index >= 15 is 0 Å². The molecule has 0 saturated heterocycles. The Bertz CT molecular complexity index is 325. The molecule has 2 nitrogen and oxygen atoms in total. The van der Waals surface area contributed by atoms with Crippen molar-refractivity contribution in [2.24, 2.45) is 5.73 Å². The summed E-state index contributed by atoms with van der Waals surface area (Å²) in [4.78, 5) is 0. The summed E-state index contributed by atoms with van der Waals surface area (Å²) in [7, 11) is 0. The van der Waals surface area contributed by atoms with Crippen molar-refractivity contribution in [2.75, 3.05) is 0 Å². The lowest BCUT2D eigenvalue weighted by atomic mass is 9.93. The molecular formula is C13H18FNO. The average Bonchev–Trinajstić information content (AvgIpc) is 2.28. The lowest BCUT2D eigenvalue weighted by Gasteiger charge is -2.26. The van der Waals surface area contributed by atoms with Gasteiger partial charge in [0.05, 0.1) is 12.7 Å². The summed E-state index contributed by atoms with van der Waals surface area (Å²) in [5, 5.41) is 0. The minimum atomic E-state index is -0.205. The average molecular weight is 223 g/mol. The van der Waals surface area contributed by atoms with Crippen molar-refractivity contribution in [1.82, 2.24) is 0 Å². The molecule has 0 aromatic heterocycles. The maximum atomic E-state index is 12.7. The van der Waals surface area contributed by atoms with Crippen LogP contribution in [0.5, 0.6) is 0 Å². The van der Waals surface area contributed by atoms with Crippen molar-refractivity contribution in [3.05, 3.63) is 35.6 Å². The molecular weight excluding hydrogens is 205 g/mol. The summed E-state index contributed by atoms with van der Waals surface area (Å²) < 4.78 is 18.5.